The van der Waals surface area contributed by atoms with E-state index in [1.807, 2.05) is 6.92 Å². The number of carbonyl (C=O) groups excluding carboxylic acids is 4. The zero-order chi connectivity index (χ0) is 25.1. The van der Waals surface area contributed by atoms with E-state index in [4.69, 9.17) is 25.5 Å². The van der Waals surface area contributed by atoms with E-state index >= 15 is 0 Å². The molecule has 0 aromatic rings. The van der Waals surface area contributed by atoms with E-state index in [-0.39, 0.29) is 19.8 Å². The van der Waals surface area contributed by atoms with Gasteiger partial charge < -0.3 is 25.5 Å². The molecule has 2 heterocycles. The molecule has 176 valence electrons. The van der Waals surface area contributed by atoms with Gasteiger partial charge in [0.25, 0.3) is 23.6 Å². The van der Waals surface area contributed by atoms with Gasteiger partial charge in [-0.1, -0.05) is 13.5 Å². The summed E-state index contributed by atoms with van der Waals surface area (Å²) in [6.07, 6.45) is 2.95. The summed E-state index contributed by atoms with van der Waals surface area (Å²) < 4.78 is 0. The molecule has 0 saturated heterocycles. The van der Waals surface area contributed by atoms with Crippen molar-refractivity contribution >= 4 is 35.6 Å². The lowest BCUT2D eigenvalue weighted by molar-refractivity contribution is -0.167. The van der Waals surface area contributed by atoms with Crippen LogP contribution in [0.3, 0.4) is 0 Å². The fourth-order valence-corrected chi connectivity index (χ4v) is 2.13. The van der Waals surface area contributed by atoms with Gasteiger partial charge in [-0.25, -0.2) is 19.4 Å². The van der Waals surface area contributed by atoms with Crippen molar-refractivity contribution in [3.8, 4) is 0 Å². The summed E-state index contributed by atoms with van der Waals surface area (Å²) in [4.78, 5) is 66.6. The Kier molecular flexibility index (Phi) is 11.4. The topological polar surface area (TPSA) is 210 Å². The van der Waals surface area contributed by atoms with Crippen LogP contribution in [0.5, 0.6) is 0 Å². The molecule has 4 amide bonds. The Hall–Kier alpha value is -3.68. The molecule has 13 heteroatoms. The average Bonchev–Trinajstić information content (AvgIpc) is 3.27. The van der Waals surface area contributed by atoms with E-state index in [1.54, 1.807) is 0 Å². The van der Waals surface area contributed by atoms with Gasteiger partial charge in [-0.2, -0.15) is 0 Å². The number of carboxylic acid groups (broad SMARTS) is 2. The first-order chi connectivity index (χ1) is 14.9. The van der Waals surface area contributed by atoms with Gasteiger partial charge >= 0.3 is 11.9 Å². The zero-order valence-electron chi connectivity index (χ0n) is 17.1. The normalized spacial score (nSPS) is 14.9. The van der Waals surface area contributed by atoms with Gasteiger partial charge in [0.05, 0.1) is 19.8 Å². The smallest absolute Gasteiger partial charge is 0.348 e. The van der Waals surface area contributed by atoms with Gasteiger partial charge in [0, 0.05) is 35.8 Å². The number of carbonyl (C=O) groups is 6. The molecule has 0 aliphatic carbocycles. The highest BCUT2D eigenvalue weighted by Gasteiger charge is 2.45. The predicted molar refractivity (Wildman–Crippen MR) is 105 cm³/mol. The molecule has 2 rings (SSSR count). The molecule has 0 saturated carbocycles. The summed E-state index contributed by atoms with van der Waals surface area (Å²) >= 11 is 0. The average molecular weight is 456 g/mol. The number of aliphatic hydroxyl groups excluding tert-OH is 3. The van der Waals surface area contributed by atoms with Crippen LogP contribution in [0.25, 0.3) is 0 Å². The molecule has 13 nitrogen and oxygen atoms in total. The summed E-state index contributed by atoms with van der Waals surface area (Å²) in [5, 5.41) is 42.6. The van der Waals surface area contributed by atoms with Crippen molar-refractivity contribution in [1.82, 2.24) is 9.80 Å². The summed E-state index contributed by atoms with van der Waals surface area (Å²) in [7, 11) is 0. The summed E-state index contributed by atoms with van der Waals surface area (Å²) in [6, 6.07) is 0. The number of amides is 4. The van der Waals surface area contributed by atoms with Crippen molar-refractivity contribution in [3.05, 3.63) is 37.0 Å². The maximum Gasteiger partial charge on any atom is 0.348 e. The van der Waals surface area contributed by atoms with Crippen LogP contribution in [0, 0.1) is 5.41 Å². The number of aliphatic carboxylic acids is 2. The molecule has 5 N–H and O–H groups in total. The van der Waals surface area contributed by atoms with E-state index in [2.05, 4.69) is 6.58 Å². The minimum Gasteiger partial charge on any atom is -0.478 e. The zero-order valence-corrected chi connectivity index (χ0v) is 17.1. The fraction of sp³-hybridized carbons (Fsp3) is 0.368. The van der Waals surface area contributed by atoms with Crippen LogP contribution in [0.4, 0.5) is 0 Å². The molecule has 32 heavy (non-hydrogen) atoms. The molecular formula is C19H24N2O11. The molecule has 2 aliphatic heterocycles. The number of aliphatic hydroxyl groups is 3. The fourth-order valence-electron chi connectivity index (χ4n) is 2.13. The Morgan fingerprint density at radius 3 is 1.28 bits per heavy atom. The number of carboxylic acids is 2. The highest BCUT2D eigenvalue weighted by atomic mass is 16.4. The van der Waals surface area contributed by atoms with Crippen molar-refractivity contribution in [2.24, 2.45) is 5.41 Å². The Balaban J connectivity index is 0.000000574. The second-order valence-electron chi connectivity index (χ2n) is 6.34. The minimum absolute atomic E-state index is 0.156. The van der Waals surface area contributed by atoms with Crippen LogP contribution in [0.15, 0.2) is 37.0 Å². The lowest BCUT2D eigenvalue weighted by atomic mass is 9.88. The van der Waals surface area contributed by atoms with Crippen molar-refractivity contribution in [1.29, 1.82) is 0 Å². The molecule has 0 unspecified atom stereocenters. The van der Waals surface area contributed by atoms with Gasteiger partial charge in [0.2, 0.25) is 6.17 Å². The maximum absolute atomic E-state index is 11.4. The van der Waals surface area contributed by atoms with E-state index in [0.717, 1.165) is 30.4 Å². The summed E-state index contributed by atoms with van der Waals surface area (Å²) in [5.41, 5.74) is -0.667. The first-order valence-corrected chi connectivity index (χ1v) is 8.96. The van der Waals surface area contributed by atoms with E-state index in [9.17, 15) is 28.8 Å². The van der Waals surface area contributed by atoms with Crippen LogP contribution >= 0.6 is 0 Å². The van der Waals surface area contributed by atoms with Crippen LogP contribution in [-0.4, -0.2) is 96.9 Å². The SMILES string of the molecule is C=CC(=O)O.CCC(CO)(CO)CO.O=C(O)C(N1C(=O)C=CC1=O)N1C(=O)C=CC1=O. The standard InChI is InChI=1S/C10H6N2O6.C6H14O3.C3H4O2/c13-5-1-2-6(14)11(5)9(10(17)18)12-7(15)3-4-8(12)16;1-2-6(3-7,4-8)5-9;1-2-3(4)5/h1-4,9H,(H,17,18);7-9H,2-5H2,1H3;2H,1H2,(H,4,5). The Morgan fingerprint density at radius 1 is 0.875 bits per heavy atom. The lowest BCUT2D eigenvalue weighted by Crippen LogP contribution is -2.57. The van der Waals surface area contributed by atoms with E-state index < -0.39 is 47.1 Å². The quantitative estimate of drug-likeness (QED) is 0.196. The van der Waals surface area contributed by atoms with Gasteiger partial charge in [-0.3, -0.25) is 19.2 Å². The first kappa shape index (κ1) is 28.3. The third-order valence-electron chi connectivity index (χ3n) is 4.33. The highest BCUT2D eigenvalue weighted by Crippen LogP contribution is 2.18. The Labute approximate surface area is 182 Å². The largest absolute Gasteiger partial charge is 0.478 e. The molecule has 0 atom stereocenters. The van der Waals surface area contributed by atoms with Crippen molar-refractivity contribution in [3.63, 3.8) is 0 Å². The predicted octanol–water partition coefficient (Wildman–Crippen LogP) is -2.14. The van der Waals surface area contributed by atoms with E-state index in [0.29, 0.717) is 16.2 Å². The number of hydrogen-bond donors (Lipinski definition) is 5. The Morgan fingerprint density at radius 2 is 1.16 bits per heavy atom. The second kappa shape index (κ2) is 12.9. The molecule has 0 aromatic heterocycles. The van der Waals surface area contributed by atoms with Gasteiger partial charge in [0.15, 0.2) is 0 Å². The van der Waals surface area contributed by atoms with Crippen LogP contribution < -0.4 is 0 Å². The van der Waals surface area contributed by atoms with Gasteiger partial charge in [0.1, 0.15) is 0 Å². The molecule has 0 spiro atoms. The summed E-state index contributed by atoms with van der Waals surface area (Å²) in [6.45, 7) is 4.31. The van der Waals surface area contributed by atoms with Crippen LogP contribution in [0.2, 0.25) is 0 Å². The highest BCUT2D eigenvalue weighted by molar-refractivity contribution is 6.18. The summed E-state index contributed by atoms with van der Waals surface area (Å²) in [5.74, 6) is -6.18. The molecule has 0 radical (unpaired) electrons. The van der Waals surface area contributed by atoms with Crippen molar-refractivity contribution in [2.45, 2.75) is 19.5 Å². The number of nitrogens with zero attached hydrogens (tertiary/aromatic N) is 2. The van der Waals surface area contributed by atoms with Crippen molar-refractivity contribution < 1.29 is 54.3 Å². The molecule has 2 aliphatic rings. The van der Waals surface area contributed by atoms with Crippen LogP contribution in [0.1, 0.15) is 13.3 Å². The molecule has 0 aromatic carbocycles. The molecule has 0 bridgehead atoms. The third-order valence-corrected chi connectivity index (χ3v) is 4.33. The minimum atomic E-state index is -1.96. The number of rotatable bonds is 8. The second-order valence-corrected chi connectivity index (χ2v) is 6.34. The number of hydrogen-bond acceptors (Lipinski definition) is 9. The molecule has 0 fully saturated rings. The lowest BCUT2D eigenvalue weighted by Gasteiger charge is -2.28. The molecular weight excluding hydrogens is 432 g/mol. The maximum atomic E-state index is 11.4. The van der Waals surface area contributed by atoms with E-state index in [1.165, 1.54) is 0 Å². The Bertz CT molecular complexity index is 732. The first-order valence-electron chi connectivity index (χ1n) is 8.96. The van der Waals surface area contributed by atoms with Crippen molar-refractivity contribution in [2.75, 3.05) is 19.8 Å². The van der Waals surface area contributed by atoms with Gasteiger partial charge in [-0.05, 0) is 6.42 Å². The third kappa shape index (κ3) is 7.23. The number of imide groups is 2. The van der Waals surface area contributed by atoms with Crippen LogP contribution in [-0.2, 0) is 28.8 Å². The monoisotopic (exact) mass is 456 g/mol. The van der Waals surface area contributed by atoms with Gasteiger partial charge in [-0.15, -0.1) is 0 Å².